The topological polar surface area (TPSA) is 247 Å². The molecule has 2 fully saturated rings. The normalized spacial score (nSPS) is 20.4. The second kappa shape index (κ2) is 15.8. The zero-order chi connectivity index (χ0) is 39.7. The van der Waals surface area contributed by atoms with Crippen molar-refractivity contribution in [1.82, 2.24) is 25.1 Å². The number of β-lactam (4-membered cyclic amide) rings is 1. The zero-order valence-corrected chi connectivity index (χ0v) is 32.1. The fraction of sp³-hybridized carbons (Fsp3) is 0.351. The van der Waals surface area contributed by atoms with Crippen LogP contribution < -0.4 is 31.8 Å². The minimum absolute atomic E-state index is 0.0151. The number of nitrogens with zero attached hydrogens (tertiary/aromatic N) is 6. The van der Waals surface area contributed by atoms with E-state index in [2.05, 4.69) is 25.3 Å². The number of hydrogen-bond donors (Lipinski definition) is 5. The molecule has 0 saturated carbocycles. The van der Waals surface area contributed by atoms with Crippen molar-refractivity contribution in [2.75, 3.05) is 24.6 Å². The number of rotatable bonds is 13. The van der Waals surface area contributed by atoms with Gasteiger partial charge in [-0.05, 0) is 44.9 Å². The van der Waals surface area contributed by atoms with E-state index in [1.165, 1.54) is 31.0 Å². The minimum Gasteiger partial charge on any atom is -0.543 e. The molecule has 6 heterocycles. The van der Waals surface area contributed by atoms with Crippen LogP contribution in [-0.4, -0.2) is 96.8 Å². The molecule has 7 rings (SSSR count). The third-order valence-corrected chi connectivity index (χ3v) is 11.7. The minimum atomic E-state index is -1.78. The summed E-state index contributed by atoms with van der Waals surface area (Å²) in [6.45, 7) is 5.17. The highest BCUT2D eigenvalue weighted by Gasteiger charge is 2.53. The van der Waals surface area contributed by atoms with Crippen LogP contribution in [-0.2, 0) is 37.1 Å². The highest BCUT2D eigenvalue weighted by atomic mass is 32.2. The Labute approximate surface area is 329 Å². The van der Waals surface area contributed by atoms with E-state index in [1.54, 1.807) is 0 Å². The number of amidine groups is 1. The van der Waals surface area contributed by atoms with E-state index in [0.29, 0.717) is 18.0 Å². The number of aliphatic carboxylic acids is 2. The van der Waals surface area contributed by atoms with Crippen molar-refractivity contribution < 1.29 is 38.8 Å². The molecule has 2 saturated heterocycles. The number of aromatic nitrogens is 3. The SMILES string of the molecule is CC(C)(ON=C(C(=O)N[C@@H]1C(=O)N2C(C(=O)[O-])=C(C[n+]3ccc4c(ccn4Cc4ccc(C(N)=NC5CCCNC5)cc4)c3)CS[C@H]12)c1csc(N)n1)C(=O)O. The molecule has 4 aromatic rings. The van der Waals surface area contributed by atoms with Crippen molar-refractivity contribution in [3.63, 3.8) is 0 Å². The Kier molecular flexibility index (Phi) is 10.8. The van der Waals surface area contributed by atoms with Gasteiger partial charge in [-0.2, -0.15) is 0 Å². The number of nitrogens with two attached hydrogens (primary N) is 2. The van der Waals surface area contributed by atoms with Gasteiger partial charge in [0.05, 0.1) is 28.6 Å². The predicted molar refractivity (Wildman–Crippen MR) is 207 cm³/mol. The maximum atomic E-state index is 13.4. The molecule has 19 heteroatoms. The maximum absolute atomic E-state index is 13.4. The molecular weight excluding hydrogens is 761 g/mol. The van der Waals surface area contributed by atoms with Crippen LogP contribution in [0, 0.1) is 0 Å². The average Bonchev–Trinajstić information content (AvgIpc) is 3.79. The molecule has 3 atom stereocenters. The first-order chi connectivity index (χ1) is 26.8. The zero-order valence-electron chi connectivity index (χ0n) is 30.5. The molecule has 0 spiro atoms. The highest BCUT2D eigenvalue weighted by Crippen LogP contribution is 2.40. The average molecular weight is 801 g/mol. The molecule has 3 aliphatic heterocycles. The van der Waals surface area contributed by atoms with Gasteiger partial charge in [0.25, 0.3) is 11.8 Å². The summed E-state index contributed by atoms with van der Waals surface area (Å²) in [5, 5.41) is 33.4. The Hall–Kier alpha value is -5.79. The largest absolute Gasteiger partial charge is 0.543 e. The molecule has 7 N–H and O–H groups in total. The Balaban J connectivity index is 1.03. The van der Waals surface area contributed by atoms with Crippen molar-refractivity contribution in [1.29, 1.82) is 0 Å². The molecule has 2 amide bonds. The van der Waals surface area contributed by atoms with Crippen molar-refractivity contribution in [3.8, 4) is 0 Å². The summed E-state index contributed by atoms with van der Waals surface area (Å²) in [6, 6.07) is 11.1. The molecule has 1 unspecified atom stereocenters. The molecule has 17 nitrogen and oxygen atoms in total. The van der Waals surface area contributed by atoms with Crippen LogP contribution in [0.2, 0.25) is 0 Å². The number of nitrogens with one attached hydrogen (secondary N) is 2. The summed E-state index contributed by atoms with van der Waals surface area (Å²) in [5.74, 6) is -3.58. The van der Waals surface area contributed by atoms with Gasteiger partial charge in [0, 0.05) is 47.6 Å². The highest BCUT2D eigenvalue weighted by molar-refractivity contribution is 8.00. The number of piperidine rings is 1. The van der Waals surface area contributed by atoms with Crippen LogP contribution in [0.1, 0.15) is 43.5 Å². The summed E-state index contributed by atoms with van der Waals surface area (Å²) < 4.78 is 3.98. The van der Waals surface area contributed by atoms with Crippen LogP contribution in [0.3, 0.4) is 0 Å². The lowest BCUT2D eigenvalue weighted by atomic mass is 10.0. The van der Waals surface area contributed by atoms with Crippen molar-refractivity contribution in [2.24, 2.45) is 15.9 Å². The van der Waals surface area contributed by atoms with Crippen LogP contribution in [0.5, 0.6) is 0 Å². The lowest BCUT2D eigenvalue weighted by Crippen LogP contribution is -2.71. The first kappa shape index (κ1) is 38.5. The third-order valence-electron chi connectivity index (χ3n) is 9.72. The second-order valence-electron chi connectivity index (χ2n) is 14.1. The van der Waals surface area contributed by atoms with Gasteiger partial charge in [-0.3, -0.25) is 19.5 Å². The van der Waals surface area contributed by atoms with Gasteiger partial charge in [-0.25, -0.2) is 14.3 Å². The van der Waals surface area contributed by atoms with E-state index < -0.39 is 46.5 Å². The van der Waals surface area contributed by atoms with E-state index in [9.17, 15) is 29.4 Å². The summed E-state index contributed by atoms with van der Waals surface area (Å²) in [6.07, 6.45) is 7.89. The first-order valence-electron chi connectivity index (χ1n) is 17.8. The van der Waals surface area contributed by atoms with Gasteiger partial charge in [0.1, 0.15) is 22.9 Å². The van der Waals surface area contributed by atoms with Gasteiger partial charge >= 0.3 is 5.97 Å². The number of anilines is 1. The number of pyridine rings is 1. The van der Waals surface area contributed by atoms with Crippen LogP contribution >= 0.6 is 23.1 Å². The summed E-state index contributed by atoms with van der Waals surface area (Å²) in [4.78, 5) is 65.9. The van der Waals surface area contributed by atoms with Gasteiger partial charge in [-0.1, -0.05) is 29.4 Å². The number of carbonyl (C=O) groups is 4. The number of thioether (sulfide) groups is 1. The van der Waals surface area contributed by atoms with E-state index in [1.807, 2.05) is 59.6 Å². The number of carbonyl (C=O) groups excluding carboxylic acids is 3. The number of amides is 2. The van der Waals surface area contributed by atoms with Gasteiger partial charge in [0.15, 0.2) is 29.8 Å². The number of nitrogen functional groups attached to an aromatic ring is 1. The molecule has 3 aliphatic rings. The smallest absolute Gasteiger partial charge is 0.350 e. The number of carboxylic acids is 2. The van der Waals surface area contributed by atoms with Gasteiger partial charge < -0.3 is 46.5 Å². The van der Waals surface area contributed by atoms with Gasteiger partial charge in [-0.15, -0.1) is 23.1 Å². The van der Waals surface area contributed by atoms with Crippen LogP contribution in [0.4, 0.5) is 5.13 Å². The van der Waals surface area contributed by atoms with Crippen LogP contribution in [0.25, 0.3) is 10.9 Å². The fourth-order valence-electron chi connectivity index (χ4n) is 6.64. The Morgan fingerprint density at radius 3 is 2.68 bits per heavy atom. The number of thiazole rings is 1. The molecule has 292 valence electrons. The number of aliphatic imine (C=N–C) groups is 1. The summed E-state index contributed by atoms with van der Waals surface area (Å²) >= 11 is 2.32. The number of fused-ring (bicyclic) bond motifs is 2. The van der Waals surface area contributed by atoms with E-state index in [-0.39, 0.29) is 34.9 Å². The van der Waals surface area contributed by atoms with E-state index in [0.717, 1.165) is 64.2 Å². The monoisotopic (exact) mass is 800 g/mol. The molecule has 0 radical (unpaired) electrons. The molecule has 0 aliphatic carbocycles. The third kappa shape index (κ3) is 7.96. The van der Waals surface area contributed by atoms with E-state index >= 15 is 0 Å². The first-order valence-corrected chi connectivity index (χ1v) is 19.7. The molecule has 0 bridgehead atoms. The quantitative estimate of drug-likeness (QED) is 0.0399. The van der Waals surface area contributed by atoms with Crippen molar-refractivity contribution in [3.05, 3.63) is 88.5 Å². The van der Waals surface area contributed by atoms with Crippen molar-refractivity contribution in [2.45, 2.75) is 62.8 Å². The maximum Gasteiger partial charge on any atom is 0.350 e. The fourth-order valence-corrected chi connectivity index (χ4v) is 8.53. The standard InChI is InChI=1S/C37H40N10O7S2/c1-37(2,35(52)53)54-44-27(25-19-56-36(39)42-25)31(48)43-28-32(49)47-29(34(50)51)23(18-55-33(28)47)17-45-12-10-26-22(16-45)9-13-46(26)15-20-5-7-21(8-6-20)30(38)41-24-4-3-11-40-14-24/h5-10,12-13,16,19,24,28,33,40H,3-4,11,14-15,17-18H2,1-2H3,(H6-,38,39,41,42,43,48,50,51,52,53)/t24?,28-,33-/m1/s1. The number of oxime groups is 1. The number of carboxylic acid groups (broad SMARTS) is 2. The second-order valence-corrected chi connectivity index (χ2v) is 16.1. The molecular formula is C37H40N10O7S2. The van der Waals surface area contributed by atoms with Crippen LogP contribution in [0.15, 0.2) is 81.8 Å². The Bertz CT molecular complexity index is 2290. The molecule has 3 aromatic heterocycles. The summed E-state index contributed by atoms with van der Waals surface area (Å²) in [5.41, 5.74) is 13.1. The Morgan fingerprint density at radius 2 is 2.00 bits per heavy atom. The van der Waals surface area contributed by atoms with Crippen molar-refractivity contribution >= 4 is 74.4 Å². The Morgan fingerprint density at radius 1 is 1.21 bits per heavy atom. The van der Waals surface area contributed by atoms with E-state index in [4.69, 9.17) is 21.3 Å². The predicted octanol–water partition coefficient (Wildman–Crippen LogP) is 0.161. The van der Waals surface area contributed by atoms with Gasteiger partial charge in [0.2, 0.25) is 5.60 Å². The number of hydrogen-bond acceptors (Lipinski definition) is 13. The molecule has 1 aromatic carbocycles. The lowest BCUT2D eigenvalue weighted by Gasteiger charge is -2.50. The number of benzene rings is 1. The lowest BCUT2D eigenvalue weighted by molar-refractivity contribution is -0.687. The molecule has 56 heavy (non-hydrogen) atoms. The summed E-state index contributed by atoms with van der Waals surface area (Å²) in [7, 11) is 0.